The SMILES string of the molecule is CC(C)(C)[S+]([O-])/N=C/C1(c2ccc(Cl)cc2)CCC1. The van der Waals surface area contributed by atoms with Gasteiger partial charge in [0.15, 0.2) is 0 Å². The zero-order chi connectivity index (χ0) is 14.1. The van der Waals surface area contributed by atoms with Crippen LogP contribution in [0.1, 0.15) is 45.6 Å². The molecule has 0 saturated heterocycles. The Kier molecular flexibility index (Phi) is 4.29. The van der Waals surface area contributed by atoms with Crippen LogP contribution in [0.4, 0.5) is 0 Å². The summed E-state index contributed by atoms with van der Waals surface area (Å²) >= 11 is 4.74. The molecular weight excluding hydrogens is 278 g/mol. The average molecular weight is 298 g/mol. The van der Waals surface area contributed by atoms with E-state index in [1.54, 1.807) is 0 Å². The van der Waals surface area contributed by atoms with E-state index in [-0.39, 0.29) is 10.2 Å². The normalized spacial score (nSPS) is 20.3. The van der Waals surface area contributed by atoms with Crippen molar-refractivity contribution in [1.29, 1.82) is 0 Å². The number of hydrogen-bond donors (Lipinski definition) is 0. The van der Waals surface area contributed by atoms with Gasteiger partial charge < -0.3 is 4.55 Å². The van der Waals surface area contributed by atoms with E-state index in [2.05, 4.69) is 4.40 Å². The lowest BCUT2D eigenvalue weighted by Gasteiger charge is -2.38. The predicted molar refractivity (Wildman–Crippen MR) is 83.4 cm³/mol. The molecule has 1 atom stereocenters. The molecule has 4 heteroatoms. The van der Waals surface area contributed by atoms with Gasteiger partial charge in [-0.2, -0.15) is 0 Å². The van der Waals surface area contributed by atoms with Crippen molar-refractivity contribution in [1.82, 2.24) is 0 Å². The Morgan fingerprint density at radius 2 is 1.84 bits per heavy atom. The van der Waals surface area contributed by atoms with Gasteiger partial charge in [0.2, 0.25) is 0 Å². The molecule has 1 saturated carbocycles. The number of halogens is 1. The first-order valence-electron chi connectivity index (χ1n) is 6.57. The smallest absolute Gasteiger partial charge is 0.144 e. The molecule has 0 heterocycles. The fourth-order valence-corrected chi connectivity index (χ4v) is 2.88. The fraction of sp³-hybridized carbons (Fsp3) is 0.533. The molecule has 19 heavy (non-hydrogen) atoms. The highest BCUT2D eigenvalue weighted by Crippen LogP contribution is 2.42. The second kappa shape index (κ2) is 5.47. The van der Waals surface area contributed by atoms with Crippen LogP contribution in [0.5, 0.6) is 0 Å². The maximum absolute atomic E-state index is 12.0. The number of hydrogen-bond acceptors (Lipinski definition) is 2. The van der Waals surface area contributed by atoms with Gasteiger partial charge in [-0.1, -0.05) is 34.6 Å². The average Bonchev–Trinajstić information content (AvgIpc) is 2.28. The van der Waals surface area contributed by atoms with Gasteiger partial charge >= 0.3 is 0 Å². The molecule has 0 bridgehead atoms. The third-order valence-electron chi connectivity index (χ3n) is 3.58. The van der Waals surface area contributed by atoms with Crippen LogP contribution in [0.15, 0.2) is 28.7 Å². The van der Waals surface area contributed by atoms with E-state index < -0.39 is 11.4 Å². The van der Waals surface area contributed by atoms with Crippen LogP contribution in [0, 0.1) is 0 Å². The summed E-state index contributed by atoms with van der Waals surface area (Å²) in [6, 6.07) is 7.91. The molecule has 1 aromatic carbocycles. The quantitative estimate of drug-likeness (QED) is 0.605. The first-order valence-corrected chi connectivity index (χ1v) is 8.05. The summed E-state index contributed by atoms with van der Waals surface area (Å²) in [5, 5.41) is 0.744. The fourth-order valence-electron chi connectivity index (χ4n) is 2.14. The minimum Gasteiger partial charge on any atom is -0.591 e. The Bertz CT molecular complexity index is 460. The highest BCUT2D eigenvalue weighted by Gasteiger charge is 2.38. The van der Waals surface area contributed by atoms with Gasteiger partial charge in [0, 0.05) is 10.4 Å². The van der Waals surface area contributed by atoms with Gasteiger partial charge in [0.1, 0.15) is 16.1 Å². The maximum atomic E-state index is 12.0. The van der Waals surface area contributed by atoms with E-state index in [4.69, 9.17) is 11.6 Å². The molecule has 1 aliphatic rings. The standard InChI is InChI=1S/C15H20ClNOS/c1-14(2,3)19(18)17-11-15(9-4-10-15)12-5-7-13(16)8-6-12/h5-8,11H,4,9-10H2,1-3H3/b17-11+. The lowest BCUT2D eigenvalue weighted by atomic mass is 9.65. The molecule has 2 nitrogen and oxygen atoms in total. The summed E-state index contributed by atoms with van der Waals surface area (Å²) in [7, 11) is 0. The third-order valence-corrected chi connectivity index (χ3v) is 5.18. The Morgan fingerprint density at radius 3 is 2.26 bits per heavy atom. The van der Waals surface area contributed by atoms with Gasteiger partial charge in [0.05, 0.1) is 6.21 Å². The zero-order valence-corrected chi connectivity index (χ0v) is 13.2. The Labute approximate surface area is 123 Å². The molecule has 104 valence electrons. The highest BCUT2D eigenvalue weighted by atomic mass is 35.5. The Hall–Kier alpha value is -0.510. The number of nitrogens with zero attached hydrogens (tertiary/aromatic N) is 1. The van der Waals surface area contributed by atoms with Crippen molar-refractivity contribution in [3.63, 3.8) is 0 Å². The highest BCUT2D eigenvalue weighted by molar-refractivity contribution is 7.91. The Morgan fingerprint density at radius 1 is 1.26 bits per heavy atom. The van der Waals surface area contributed by atoms with Crippen LogP contribution in [-0.2, 0) is 16.8 Å². The van der Waals surface area contributed by atoms with Gasteiger partial charge in [-0.25, -0.2) is 0 Å². The summed E-state index contributed by atoms with van der Waals surface area (Å²) in [5.74, 6) is 0. The molecule has 1 fully saturated rings. The summed E-state index contributed by atoms with van der Waals surface area (Å²) < 4.78 is 16.0. The molecule has 1 aliphatic carbocycles. The summed E-state index contributed by atoms with van der Waals surface area (Å²) in [4.78, 5) is 0. The van der Waals surface area contributed by atoms with E-state index in [1.807, 2.05) is 51.3 Å². The van der Waals surface area contributed by atoms with Crippen molar-refractivity contribution in [2.45, 2.75) is 50.2 Å². The van der Waals surface area contributed by atoms with Crippen LogP contribution < -0.4 is 0 Å². The second-order valence-corrected chi connectivity index (χ2v) is 8.48. The topological polar surface area (TPSA) is 35.4 Å². The predicted octanol–water partition coefficient (Wildman–Crippen LogP) is 4.29. The number of rotatable bonds is 3. The molecule has 0 amide bonds. The van der Waals surface area contributed by atoms with Crippen LogP contribution in [0.2, 0.25) is 5.02 Å². The zero-order valence-electron chi connectivity index (χ0n) is 11.6. The lowest BCUT2D eigenvalue weighted by molar-refractivity contribution is 0.348. The van der Waals surface area contributed by atoms with Crippen LogP contribution >= 0.6 is 11.6 Å². The molecule has 0 spiro atoms. The molecule has 1 unspecified atom stereocenters. The van der Waals surface area contributed by atoms with Crippen LogP contribution in [0.3, 0.4) is 0 Å². The summed E-state index contributed by atoms with van der Waals surface area (Å²) in [6.45, 7) is 5.82. The van der Waals surface area contributed by atoms with Crippen molar-refractivity contribution in [3.8, 4) is 0 Å². The van der Waals surface area contributed by atoms with Gasteiger partial charge in [0.25, 0.3) is 0 Å². The van der Waals surface area contributed by atoms with Gasteiger partial charge in [-0.05, 0) is 51.3 Å². The monoisotopic (exact) mass is 297 g/mol. The molecule has 0 radical (unpaired) electrons. The van der Waals surface area contributed by atoms with Crippen LogP contribution in [0.25, 0.3) is 0 Å². The molecule has 1 aromatic rings. The van der Waals surface area contributed by atoms with E-state index in [1.165, 1.54) is 12.0 Å². The first kappa shape index (κ1) is 14.9. The van der Waals surface area contributed by atoms with Crippen molar-refractivity contribution in [3.05, 3.63) is 34.9 Å². The van der Waals surface area contributed by atoms with E-state index in [0.717, 1.165) is 17.9 Å². The van der Waals surface area contributed by atoms with Gasteiger partial charge in [-0.3, -0.25) is 0 Å². The first-order chi connectivity index (χ1) is 8.83. The van der Waals surface area contributed by atoms with Crippen molar-refractivity contribution in [2.24, 2.45) is 4.40 Å². The van der Waals surface area contributed by atoms with Crippen molar-refractivity contribution < 1.29 is 4.55 Å². The largest absolute Gasteiger partial charge is 0.591 e. The second-order valence-electron chi connectivity index (χ2n) is 6.11. The van der Waals surface area contributed by atoms with Crippen LogP contribution in [-0.4, -0.2) is 15.5 Å². The maximum Gasteiger partial charge on any atom is 0.144 e. The van der Waals surface area contributed by atoms with Crippen molar-refractivity contribution >= 4 is 29.2 Å². The molecule has 2 rings (SSSR count). The summed E-state index contributed by atoms with van der Waals surface area (Å²) in [6.07, 6.45) is 5.23. The van der Waals surface area contributed by atoms with Gasteiger partial charge in [-0.15, -0.1) is 0 Å². The minimum absolute atomic E-state index is 0.0362. The lowest BCUT2D eigenvalue weighted by Crippen LogP contribution is -2.37. The molecule has 0 N–H and O–H groups in total. The van der Waals surface area contributed by atoms with E-state index >= 15 is 0 Å². The third kappa shape index (κ3) is 3.33. The summed E-state index contributed by atoms with van der Waals surface area (Å²) in [5.41, 5.74) is 1.18. The number of benzene rings is 1. The molecular formula is C15H20ClNOS. The van der Waals surface area contributed by atoms with Crippen molar-refractivity contribution in [2.75, 3.05) is 0 Å². The van der Waals surface area contributed by atoms with E-state index in [0.29, 0.717) is 0 Å². The molecule has 0 aliphatic heterocycles. The Balaban J connectivity index is 2.20. The van der Waals surface area contributed by atoms with E-state index in [9.17, 15) is 4.55 Å². The molecule has 0 aromatic heterocycles. The minimum atomic E-state index is -1.19.